The Morgan fingerprint density at radius 1 is 1.40 bits per heavy atom. The Labute approximate surface area is 99.6 Å². The fourth-order valence-electron chi connectivity index (χ4n) is 1.41. The lowest BCUT2D eigenvalue weighted by Crippen LogP contribution is -2.04. The van der Waals surface area contributed by atoms with Gasteiger partial charge in [-0.1, -0.05) is 30.1 Å². The Hall–Kier alpha value is -0.730. The third kappa shape index (κ3) is 2.86. The summed E-state index contributed by atoms with van der Waals surface area (Å²) in [6, 6.07) is 3.27. The molecule has 1 N–H and O–H groups in total. The van der Waals surface area contributed by atoms with Crippen LogP contribution in [0.4, 0.5) is 5.69 Å². The van der Waals surface area contributed by atoms with Gasteiger partial charge in [-0.2, -0.15) is 0 Å². The van der Waals surface area contributed by atoms with Crippen molar-refractivity contribution in [2.75, 3.05) is 12.4 Å². The number of hydrogen-bond acceptors (Lipinski definition) is 2. The van der Waals surface area contributed by atoms with E-state index >= 15 is 0 Å². The number of Topliss-reactive ketones (excluding diaryl/α,β-unsaturated/α-hetero) is 1. The third-order valence-corrected chi connectivity index (χ3v) is 2.60. The van der Waals surface area contributed by atoms with E-state index in [0.717, 1.165) is 6.42 Å². The first kappa shape index (κ1) is 12.3. The van der Waals surface area contributed by atoms with E-state index in [1.807, 2.05) is 6.92 Å². The molecule has 0 radical (unpaired) electrons. The highest BCUT2D eigenvalue weighted by atomic mass is 35.5. The van der Waals surface area contributed by atoms with Crippen molar-refractivity contribution in [1.29, 1.82) is 0 Å². The molecule has 82 valence electrons. The molecule has 0 saturated carbocycles. The highest BCUT2D eigenvalue weighted by molar-refractivity contribution is 6.37. The predicted octanol–water partition coefficient (Wildman–Crippen LogP) is 4.02. The molecular weight excluding hydrogens is 233 g/mol. The van der Waals surface area contributed by atoms with Crippen molar-refractivity contribution in [2.24, 2.45) is 0 Å². The second-order valence-electron chi connectivity index (χ2n) is 3.23. The third-order valence-electron chi connectivity index (χ3n) is 2.08. The van der Waals surface area contributed by atoms with Gasteiger partial charge in [0.15, 0.2) is 5.78 Å². The van der Waals surface area contributed by atoms with Crippen LogP contribution in [0.15, 0.2) is 12.1 Å². The SMILES string of the molecule is CCCC(=O)c1cc(Cl)cc(Cl)c1NC. The van der Waals surface area contributed by atoms with Crippen LogP contribution < -0.4 is 5.32 Å². The fraction of sp³-hybridized carbons (Fsp3) is 0.364. The van der Waals surface area contributed by atoms with Gasteiger partial charge in [-0.05, 0) is 18.6 Å². The van der Waals surface area contributed by atoms with Gasteiger partial charge < -0.3 is 5.32 Å². The molecular formula is C11H13Cl2NO. The van der Waals surface area contributed by atoms with Crippen molar-refractivity contribution < 1.29 is 4.79 Å². The molecule has 0 aliphatic carbocycles. The smallest absolute Gasteiger partial charge is 0.165 e. The molecule has 1 aromatic carbocycles. The van der Waals surface area contributed by atoms with E-state index in [9.17, 15) is 4.79 Å². The van der Waals surface area contributed by atoms with E-state index in [4.69, 9.17) is 23.2 Å². The van der Waals surface area contributed by atoms with Gasteiger partial charge >= 0.3 is 0 Å². The number of benzene rings is 1. The second kappa shape index (κ2) is 5.38. The summed E-state index contributed by atoms with van der Waals surface area (Å²) in [6.45, 7) is 1.96. The molecule has 0 aliphatic heterocycles. The summed E-state index contributed by atoms with van der Waals surface area (Å²) in [5.74, 6) is 0.0613. The van der Waals surface area contributed by atoms with Gasteiger partial charge in [0, 0.05) is 24.1 Å². The first-order valence-electron chi connectivity index (χ1n) is 4.80. The monoisotopic (exact) mass is 245 g/mol. The number of hydrogen-bond donors (Lipinski definition) is 1. The van der Waals surface area contributed by atoms with Crippen molar-refractivity contribution in [3.05, 3.63) is 27.7 Å². The normalized spacial score (nSPS) is 10.1. The molecule has 0 heterocycles. The zero-order valence-corrected chi connectivity index (χ0v) is 10.2. The van der Waals surface area contributed by atoms with Crippen LogP contribution in [0.25, 0.3) is 0 Å². The second-order valence-corrected chi connectivity index (χ2v) is 4.08. The van der Waals surface area contributed by atoms with Gasteiger partial charge in [0.25, 0.3) is 0 Å². The Morgan fingerprint density at radius 2 is 2.07 bits per heavy atom. The molecule has 0 aromatic heterocycles. The number of anilines is 1. The summed E-state index contributed by atoms with van der Waals surface area (Å²) in [6.07, 6.45) is 1.32. The van der Waals surface area contributed by atoms with Crippen LogP contribution in [0.3, 0.4) is 0 Å². The van der Waals surface area contributed by atoms with E-state index in [-0.39, 0.29) is 5.78 Å². The summed E-state index contributed by atoms with van der Waals surface area (Å²) >= 11 is 11.8. The first-order valence-corrected chi connectivity index (χ1v) is 5.55. The topological polar surface area (TPSA) is 29.1 Å². The lowest BCUT2D eigenvalue weighted by atomic mass is 10.0. The zero-order chi connectivity index (χ0) is 11.4. The molecule has 0 bridgehead atoms. The van der Waals surface area contributed by atoms with E-state index in [2.05, 4.69) is 5.32 Å². The maximum atomic E-state index is 11.8. The molecule has 0 unspecified atom stereocenters. The molecule has 4 heteroatoms. The summed E-state index contributed by atoms with van der Waals surface area (Å²) in [7, 11) is 1.73. The molecule has 0 amide bonds. The first-order chi connectivity index (χ1) is 7.10. The number of halogens is 2. The van der Waals surface area contributed by atoms with Crippen LogP contribution in [0.1, 0.15) is 30.1 Å². The fourth-order valence-corrected chi connectivity index (χ4v) is 2.00. The standard InChI is InChI=1S/C11H13Cl2NO/c1-3-4-10(15)8-5-7(12)6-9(13)11(8)14-2/h5-6,14H,3-4H2,1-2H3. The van der Waals surface area contributed by atoms with Crippen molar-refractivity contribution >= 4 is 34.7 Å². The summed E-state index contributed by atoms with van der Waals surface area (Å²) in [5.41, 5.74) is 1.22. The number of ketones is 1. The van der Waals surface area contributed by atoms with Gasteiger partial charge in [-0.3, -0.25) is 4.79 Å². The van der Waals surface area contributed by atoms with E-state index in [1.165, 1.54) is 0 Å². The average Bonchev–Trinajstić information content (AvgIpc) is 2.17. The van der Waals surface area contributed by atoms with Crippen LogP contribution in [0.5, 0.6) is 0 Å². The summed E-state index contributed by atoms with van der Waals surface area (Å²) < 4.78 is 0. The molecule has 1 aromatic rings. The highest BCUT2D eigenvalue weighted by Gasteiger charge is 2.13. The Kier molecular flexibility index (Phi) is 4.43. The van der Waals surface area contributed by atoms with Crippen LogP contribution in [-0.4, -0.2) is 12.8 Å². The van der Waals surface area contributed by atoms with E-state index in [1.54, 1.807) is 19.2 Å². The largest absolute Gasteiger partial charge is 0.386 e. The van der Waals surface area contributed by atoms with Gasteiger partial charge in [0.05, 0.1) is 10.7 Å². The van der Waals surface area contributed by atoms with Crippen LogP contribution in [0, 0.1) is 0 Å². The van der Waals surface area contributed by atoms with Gasteiger partial charge in [-0.25, -0.2) is 0 Å². The Bertz CT molecular complexity index is 377. The number of nitrogens with one attached hydrogen (secondary N) is 1. The lowest BCUT2D eigenvalue weighted by Gasteiger charge is -2.10. The molecule has 0 atom stereocenters. The maximum absolute atomic E-state index is 11.8. The van der Waals surface area contributed by atoms with Crippen molar-refractivity contribution in [1.82, 2.24) is 0 Å². The maximum Gasteiger partial charge on any atom is 0.165 e. The minimum Gasteiger partial charge on any atom is -0.386 e. The van der Waals surface area contributed by atoms with Crippen molar-refractivity contribution in [2.45, 2.75) is 19.8 Å². The summed E-state index contributed by atoms with van der Waals surface area (Å²) in [5, 5.41) is 3.88. The molecule has 0 aliphatic rings. The van der Waals surface area contributed by atoms with Crippen LogP contribution in [-0.2, 0) is 0 Å². The number of rotatable bonds is 4. The Morgan fingerprint density at radius 3 is 2.60 bits per heavy atom. The molecule has 0 saturated heterocycles. The number of carbonyl (C=O) groups excluding carboxylic acids is 1. The molecule has 1 rings (SSSR count). The molecule has 15 heavy (non-hydrogen) atoms. The van der Waals surface area contributed by atoms with Crippen molar-refractivity contribution in [3.8, 4) is 0 Å². The van der Waals surface area contributed by atoms with Crippen molar-refractivity contribution in [3.63, 3.8) is 0 Å². The van der Waals surface area contributed by atoms with Gasteiger partial charge in [-0.15, -0.1) is 0 Å². The number of carbonyl (C=O) groups is 1. The van der Waals surface area contributed by atoms with Gasteiger partial charge in [0.2, 0.25) is 0 Å². The van der Waals surface area contributed by atoms with Crippen LogP contribution >= 0.6 is 23.2 Å². The molecule has 0 spiro atoms. The average molecular weight is 246 g/mol. The highest BCUT2D eigenvalue weighted by Crippen LogP contribution is 2.30. The Balaban J connectivity index is 3.20. The zero-order valence-electron chi connectivity index (χ0n) is 8.73. The van der Waals surface area contributed by atoms with Crippen LogP contribution in [0.2, 0.25) is 10.0 Å². The molecule has 0 fully saturated rings. The van der Waals surface area contributed by atoms with E-state index < -0.39 is 0 Å². The minimum atomic E-state index is 0.0613. The summed E-state index contributed by atoms with van der Waals surface area (Å²) in [4.78, 5) is 11.8. The van der Waals surface area contributed by atoms with E-state index in [0.29, 0.717) is 27.7 Å². The predicted molar refractivity (Wildman–Crippen MR) is 65.2 cm³/mol. The van der Waals surface area contributed by atoms with Gasteiger partial charge in [0.1, 0.15) is 0 Å². The minimum absolute atomic E-state index is 0.0613. The molecule has 2 nitrogen and oxygen atoms in total. The lowest BCUT2D eigenvalue weighted by molar-refractivity contribution is 0.0982. The quantitative estimate of drug-likeness (QED) is 0.813.